The summed E-state index contributed by atoms with van der Waals surface area (Å²) in [5.74, 6) is -1.22. The van der Waals surface area contributed by atoms with Crippen LogP contribution in [0.4, 0.5) is 0 Å². The maximum atomic E-state index is 13.0. The first-order valence-electron chi connectivity index (χ1n) is 8.38. The van der Waals surface area contributed by atoms with Gasteiger partial charge in [0.25, 0.3) is 0 Å². The monoisotopic (exact) mass is 413 g/mol. The van der Waals surface area contributed by atoms with Crippen LogP contribution in [0, 0.1) is 0 Å². The summed E-state index contributed by atoms with van der Waals surface area (Å²) in [6.07, 6.45) is 4.28. The van der Waals surface area contributed by atoms with E-state index in [9.17, 15) is 8.42 Å². The largest absolute Gasteiger partial charge is 0.352 e. The number of ether oxygens (including phenoxy) is 3. The van der Waals surface area contributed by atoms with E-state index in [0.29, 0.717) is 5.69 Å². The fraction of sp³-hybridized carbons (Fsp3) is 0.471. The molecule has 1 aliphatic heterocycles. The average molecular weight is 414 g/mol. The molecule has 27 heavy (non-hydrogen) atoms. The van der Waals surface area contributed by atoms with Crippen molar-refractivity contribution in [3.8, 4) is 10.6 Å². The van der Waals surface area contributed by atoms with E-state index in [0.717, 1.165) is 4.88 Å². The lowest BCUT2D eigenvalue weighted by Crippen LogP contribution is -2.44. The van der Waals surface area contributed by atoms with E-state index in [-0.39, 0.29) is 17.5 Å². The van der Waals surface area contributed by atoms with Gasteiger partial charge in [0.05, 0.1) is 11.4 Å². The molecule has 0 amide bonds. The van der Waals surface area contributed by atoms with Crippen molar-refractivity contribution in [1.82, 2.24) is 14.5 Å². The number of methoxy groups -OCH3 is 2. The second kappa shape index (κ2) is 7.82. The molecule has 2 atom stereocenters. The summed E-state index contributed by atoms with van der Waals surface area (Å²) < 4.78 is 46.4. The molecule has 1 N–H and O–H groups in total. The molecule has 0 fully saturated rings. The van der Waals surface area contributed by atoms with Crippen LogP contribution in [0.3, 0.4) is 0 Å². The Labute approximate surface area is 162 Å². The number of rotatable bonds is 8. The molecule has 1 aliphatic rings. The summed E-state index contributed by atoms with van der Waals surface area (Å²) >= 11 is 1.44. The van der Waals surface area contributed by atoms with E-state index in [1.807, 2.05) is 31.4 Å². The molecule has 0 saturated heterocycles. The Hall–Kier alpha value is -1.56. The molecule has 0 bridgehead atoms. The van der Waals surface area contributed by atoms with Crippen molar-refractivity contribution in [2.75, 3.05) is 20.8 Å². The van der Waals surface area contributed by atoms with Crippen LogP contribution in [0.15, 0.2) is 40.8 Å². The SMILES string of the molecule is COC1C=CC(CNS(=O)(=O)c2cn(C(C)C)nc2-c2cccs2)(OC)O1. The third kappa shape index (κ3) is 4.15. The van der Waals surface area contributed by atoms with Crippen LogP contribution in [-0.4, -0.2) is 51.0 Å². The van der Waals surface area contributed by atoms with Gasteiger partial charge >= 0.3 is 0 Å². The van der Waals surface area contributed by atoms with Crippen LogP contribution in [0.25, 0.3) is 10.6 Å². The molecule has 0 aliphatic carbocycles. The van der Waals surface area contributed by atoms with Crippen LogP contribution >= 0.6 is 11.3 Å². The lowest BCUT2D eigenvalue weighted by Gasteiger charge is -2.27. The number of hydrogen-bond donors (Lipinski definition) is 1. The highest BCUT2D eigenvalue weighted by Crippen LogP contribution is 2.31. The number of thiophene rings is 1. The van der Waals surface area contributed by atoms with Crippen molar-refractivity contribution >= 4 is 21.4 Å². The maximum absolute atomic E-state index is 13.0. The highest BCUT2D eigenvalue weighted by molar-refractivity contribution is 7.89. The third-order valence-corrected chi connectivity index (χ3v) is 6.46. The molecule has 2 aromatic rings. The van der Waals surface area contributed by atoms with Crippen molar-refractivity contribution in [2.24, 2.45) is 0 Å². The van der Waals surface area contributed by atoms with Gasteiger partial charge in [0.15, 0.2) is 6.29 Å². The van der Waals surface area contributed by atoms with Crippen molar-refractivity contribution in [3.05, 3.63) is 35.9 Å². The zero-order valence-electron chi connectivity index (χ0n) is 15.6. The van der Waals surface area contributed by atoms with Gasteiger partial charge in [0.2, 0.25) is 15.8 Å². The van der Waals surface area contributed by atoms with Gasteiger partial charge in [0.1, 0.15) is 10.6 Å². The highest BCUT2D eigenvalue weighted by atomic mass is 32.2. The number of sulfonamides is 1. The summed E-state index contributed by atoms with van der Waals surface area (Å²) in [6, 6.07) is 3.74. The van der Waals surface area contributed by atoms with E-state index in [4.69, 9.17) is 14.2 Å². The smallest absolute Gasteiger partial charge is 0.244 e. The second-order valence-electron chi connectivity index (χ2n) is 6.31. The zero-order chi connectivity index (χ0) is 19.7. The lowest BCUT2D eigenvalue weighted by molar-refractivity contribution is -0.237. The van der Waals surface area contributed by atoms with Crippen LogP contribution < -0.4 is 4.72 Å². The molecular formula is C17H23N3O5S2. The van der Waals surface area contributed by atoms with E-state index < -0.39 is 22.1 Å². The van der Waals surface area contributed by atoms with Gasteiger partial charge in [-0.1, -0.05) is 6.07 Å². The quantitative estimate of drug-likeness (QED) is 0.668. The molecule has 10 heteroatoms. The third-order valence-electron chi connectivity index (χ3n) is 4.18. The normalized spacial score (nSPS) is 22.8. The summed E-state index contributed by atoms with van der Waals surface area (Å²) in [4.78, 5) is 0.905. The highest BCUT2D eigenvalue weighted by Gasteiger charge is 2.38. The van der Waals surface area contributed by atoms with Gasteiger partial charge in [-0.05, 0) is 37.4 Å². The Balaban J connectivity index is 1.88. The first-order valence-corrected chi connectivity index (χ1v) is 10.7. The summed E-state index contributed by atoms with van der Waals surface area (Å²) in [7, 11) is -0.903. The predicted octanol–water partition coefficient (Wildman–Crippen LogP) is 2.37. The van der Waals surface area contributed by atoms with Crippen molar-refractivity contribution in [1.29, 1.82) is 0 Å². The van der Waals surface area contributed by atoms with Gasteiger partial charge in [0, 0.05) is 26.5 Å². The molecule has 0 spiro atoms. The van der Waals surface area contributed by atoms with Crippen molar-refractivity contribution in [2.45, 2.75) is 36.9 Å². The van der Waals surface area contributed by atoms with Crippen LogP contribution in [0.5, 0.6) is 0 Å². The molecule has 3 rings (SSSR count). The zero-order valence-corrected chi connectivity index (χ0v) is 17.2. The fourth-order valence-corrected chi connectivity index (χ4v) is 4.60. The predicted molar refractivity (Wildman–Crippen MR) is 102 cm³/mol. The van der Waals surface area contributed by atoms with E-state index in [1.54, 1.807) is 23.0 Å². The molecule has 2 unspecified atom stereocenters. The Kier molecular flexibility index (Phi) is 5.84. The van der Waals surface area contributed by atoms with Gasteiger partial charge in [-0.3, -0.25) is 4.68 Å². The lowest BCUT2D eigenvalue weighted by atomic mass is 10.3. The number of hydrogen-bond acceptors (Lipinski definition) is 7. The molecule has 0 aromatic carbocycles. The van der Waals surface area contributed by atoms with E-state index in [2.05, 4.69) is 9.82 Å². The minimum absolute atomic E-state index is 0.0292. The van der Waals surface area contributed by atoms with Gasteiger partial charge in [-0.15, -0.1) is 11.3 Å². The van der Waals surface area contributed by atoms with Crippen LogP contribution in [0.1, 0.15) is 19.9 Å². The van der Waals surface area contributed by atoms with Gasteiger partial charge in [-0.2, -0.15) is 5.10 Å². The minimum Gasteiger partial charge on any atom is -0.352 e. The summed E-state index contributed by atoms with van der Waals surface area (Å²) in [6.45, 7) is 3.78. The van der Waals surface area contributed by atoms with Crippen LogP contribution in [-0.2, 0) is 24.2 Å². The average Bonchev–Trinajstić information content (AvgIpc) is 3.39. The molecule has 148 valence electrons. The molecule has 2 aromatic heterocycles. The first-order chi connectivity index (χ1) is 12.8. The standard InChI is InChI=1S/C17H23N3O5S2/c1-12(2)20-10-14(16(19-20)13-6-5-9-26-13)27(21,22)18-11-17(24-4)8-7-15(23-3)25-17/h5-10,12,15,18H,11H2,1-4H3. The Bertz CT molecular complexity index is 905. The van der Waals surface area contributed by atoms with E-state index in [1.165, 1.54) is 25.6 Å². The Morgan fingerprint density at radius 1 is 1.44 bits per heavy atom. The van der Waals surface area contributed by atoms with Crippen molar-refractivity contribution < 1.29 is 22.6 Å². The summed E-state index contributed by atoms with van der Waals surface area (Å²) in [5, 5.41) is 6.36. The number of aromatic nitrogens is 2. The first kappa shape index (κ1) is 20.2. The molecular weight excluding hydrogens is 390 g/mol. The Morgan fingerprint density at radius 2 is 2.22 bits per heavy atom. The van der Waals surface area contributed by atoms with Gasteiger partial charge in [-0.25, -0.2) is 13.1 Å². The Morgan fingerprint density at radius 3 is 2.78 bits per heavy atom. The minimum atomic E-state index is -3.85. The molecule has 8 nitrogen and oxygen atoms in total. The van der Waals surface area contributed by atoms with E-state index >= 15 is 0 Å². The number of nitrogens with one attached hydrogen (secondary N) is 1. The van der Waals surface area contributed by atoms with Gasteiger partial charge < -0.3 is 14.2 Å². The molecule has 3 heterocycles. The van der Waals surface area contributed by atoms with Crippen LogP contribution in [0.2, 0.25) is 0 Å². The molecule has 0 radical (unpaired) electrons. The topological polar surface area (TPSA) is 91.7 Å². The molecule has 0 saturated carbocycles. The number of nitrogens with zero attached hydrogens (tertiary/aromatic N) is 2. The fourth-order valence-electron chi connectivity index (χ4n) is 2.61. The maximum Gasteiger partial charge on any atom is 0.244 e. The summed E-state index contributed by atoms with van der Waals surface area (Å²) in [5.41, 5.74) is 0.426. The second-order valence-corrected chi connectivity index (χ2v) is 9.00. The van der Waals surface area contributed by atoms with Crippen molar-refractivity contribution in [3.63, 3.8) is 0 Å².